The highest BCUT2D eigenvalue weighted by atomic mass is 32.2. The highest BCUT2D eigenvalue weighted by Gasteiger charge is 2.00. The molecule has 0 bridgehead atoms. The SMILES string of the molecule is O=C/C(=C/Sc1ccccc1)Oc1ccc(F)cc1. The maximum atomic E-state index is 12.7. The smallest absolute Gasteiger partial charge is 0.185 e. The fourth-order valence-electron chi connectivity index (χ4n) is 1.34. The van der Waals surface area contributed by atoms with E-state index in [4.69, 9.17) is 4.74 Å². The van der Waals surface area contributed by atoms with Crippen molar-refractivity contribution in [3.63, 3.8) is 0 Å². The Morgan fingerprint density at radius 2 is 1.74 bits per heavy atom. The first-order chi connectivity index (χ1) is 9.28. The Morgan fingerprint density at radius 3 is 2.37 bits per heavy atom. The van der Waals surface area contributed by atoms with Crippen LogP contribution in [0.3, 0.4) is 0 Å². The number of hydrogen-bond donors (Lipinski definition) is 0. The molecule has 2 aromatic carbocycles. The van der Waals surface area contributed by atoms with Crippen molar-refractivity contribution >= 4 is 18.0 Å². The first kappa shape index (κ1) is 13.4. The van der Waals surface area contributed by atoms with Gasteiger partial charge in [0.1, 0.15) is 11.6 Å². The minimum absolute atomic E-state index is 0.181. The minimum atomic E-state index is -0.345. The van der Waals surface area contributed by atoms with Crippen LogP contribution in [0.15, 0.2) is 70.7 Å². The Bertz CT molecular complexity index is 564. The van der Waals surface area contributed by atoms with Gasteiger partial charge in [-0.15, -0.1) is 0 Å². The Labute approximate surface area is 114 Å². The van der Waals surface area contributed by atoms with Gasteiger partial charge in [0.25, 0.3) is 0 Å². The quantitative estimate of drug-likeness (QED) is 0.356. The summed E-state index contributed by atoms with van der Waals surface area (Å²) in [6, 6.07) is 15.1. The van der Waals surface area contributed by atoms with Crippen molar-refractivity contribution in [2.24, 2.45) is 0 Å². The molecular weight excluding hydrogens is 263 g/mol. The summed E-state index contributed by atoms with van der Waals surface area (Å²) in [6.07, 6.45) is 0.624. The molecule has 0 amide bonds. The predicted molar refractivity (Wildman–Crippen MR) is 73.5 cm³/mol. The van der Waals surface area contributed by atoms with E-state index in [1.807, 2.05) is 30.3 Å². The summed E-state index contributed by atoms with van der Waals surface area (Å²) in [5.41, 5.74) is 0. The number of rotatable bonds is 5. The van der Waals surface area contributed by atoms with Crippen molar-refractivity contribution in [3.8, 4) is 5.75 Å². The highest BCUT2D eigenvalue weighted by molar-refractivity contribution is 8.02. The number of carbonyl (C=O) groups excluding carboxylic acids is 1. The number of halogens is 1. The normalized spacial score (nSPS) is 11.1. The van der Waals surface area contributed by atoms with Crippen LogP contribution in [-0.2, 0) is 4.79 Å². The van der Waals surface area contributed by atoms with Crippen LogP contribution in [0.4, 0.5) is 4.39 Å². The van der Waals surface area contributed by atoms with Gasteiger partial charge in [0, 0.05) is 10.3 Å². The van der Waals surface area contributed by atoms with E-state index in [0.717, 1.165) is 4.90 Å². The zero-order valence-corrected chi connectivity index (χ0v) is 10.8. The van der Waals surface area contributed by atoms with Gasteiger partial charge in [-0.25, -0.2) is 4.39 Å². The number of ether oxygens (including phenoxy) is 1. The van der Waals surface area contributed by atoms with E-state index >= 15 is 0 Å². The molecule has 0 aliphatic carbocycles. The molecule has 0 unspecified atom stereocenters. The number of hydrogen-bond acceptors (Lipinski definition) is 3. The Morgan fingerprint density at radius 1 is 1.05 bits per heavy atom. The first-order valence-electron chi connectivity index (χ1n) is 5.58. The molecule has 0 fully saturated rings. The standard InChI is InChI=1S/C15H11FO2S/c16-12-6-8-13(9-7-12)18-14(10-17)11-19-15-4-2-1-3-5-15/h1-11H/b14-11-. The van der Waals surface area contributed by atoms with Gasteiger partial charge in [-0.2, -0.15) is 0 Å². The average Bonchev–Trinajstić information content (AvgIpc) is 2.46. The lowest BCUT2D eigenvalue weighted by Crippen LogP contribution is -1.95. The molecular formula is C15H11FO2S. The largest absolute Gasteiger partial charge is 0.453 e. The van der Waals surface area contributed by atoms with E-state index in [1.54, 1.807) is 5.41 Å². The van der Waals surface area contributed by atoms with Crippen molar-refractivity contribution in [3.05, 3.63) is 71.6 Å². The molecule has 19 heavy (non-hydrogen) atoms. The van der Waals surface area contributed by atoms with E-state index in [1.165, 1.54) is 36.0 Å². The lowest BCUT2D eigenvalue weighted by Gasteiger charge is -2.04. The third-order valence-electron chi connectivity index (χ3n) is 2.22. The Hall–Kier alpha value is -2.07. The molecule has 0 saturated carbocycles. The first-order valence-corrected chi connectivity index (χ1v) is 6.46. The zero-order chi connectivity index (χ0) is 13.5. The van der Waals surface area contributed by atoms with Gasteiger partial charge < -0.3 is 4.74 Å². The van der Waals surface area contributed by atoms with Crippen LogP contribution in [0, 0.1) is 5.82 Å². The summed E-state index contributed by atoms with van der Waals surface area (Å²) in [5.74, 6) is 0.261. The van der Waals surface area contributed by atoms with E-state index in [-0.39, 0.29) is 11.6 Å². The summed E-state index contributed by atoms with van der Waals surface area (Å²) in [4.78, 5) is 11.9. The van der Waals surface area contributed by atoms with Crippen molar-refractivity contribution < 1.29 is 13.9 Å². The number of carbonyl (C=O) groups is 1. The Balaban J connectivity index is 2.03. The van der Waals surface area contributed by atoms with Gasteiger partial charge in [-0.1, -0.05) is 30.0 Å². The van der Waals surface area contributed by atoms with E-state index < -0.39 is 0 Å². The summed E-state index contributed by atoms with van der Waals surface area (Å²) < 4.78 is 18.1. The fourth-order valence-corrected chi connectivity index (χ4v) is 2.01. The van der Waals surface area contributed by atoms with Crippen LogP contribution >= 0.6 is 11.8 Å². The van der Waals surface area contributed by atoms with Crippen LogP contribution in [0.1, 0.15) is 0 Å². The van der Waals surface area contributed by atoms with Crippen LogP contribution in [0.5, 0.6) is 5.75 Å². The molecule has 4 heteroatoms. The van der Waals surface area contributed by atoms with E-state index in [0.29, 0.717) is 12.0 Å². The van der Waals surface area contributed by atoms with Crippen LogP contribution in [0.2, 0.25) is 0 Å². The molecule has 0 heterocycles. The van der Waals surface area contributed by atoms with Crippen molar-refractivity contribution in [2.75, 3.05) is 0 Å². The van der Waals surface area contributed by atoms with Crippen molar-refractivity contribution in [1.29, 1.82) is 0 Å². The molecule has 0 N–H and O–H groups in total. The van der Waals surface area contributed by atoms with Crippen molar-refractivity contribution in [2.45, 2.75) is 4.90 Å². The summed E-state index contributed by atoms with van der Waals surface area (Å²) in [7, 11) is 0. The van der Waals surface area contributed by atoms with Crippen LogP contribution in [-0.4, -0.2) is 6.29 Å². The Kier molecular flexibility index (Phi) is 4.75. The number of allylic oxidation sites excluding steroid dienone is 1. The second-order valence-corrected chi connectivity index (χ2v) is 4.57. The molecule has 0 spiro atoms. The van der Waals surface area contributed by atoms with Gasteiger partial charge >= 0.3 is 0 Å². The molecule has 2 nitrogen and oxygen atoms in total. The van der Waals surface area contributed by atoms with Crippen LogP contribution in [0.25, 0.3) is 0 Å². The molecule has 0 aliphatic rings. The van der Waals surface area contributed by atoms with Gasteiger partial charge in [-0.3, -0.25) is 4.79 Å². The number of thioether (sulfide) groups is 1. The second kappa shape index (κ2) is 6.75. The number of benzene rings is 2. The summed E-state index contributed by atoms with van der Waals surface area (Å²) in [6.45, 7) is 0. The summed E-state index contributed by atoms with van der Waals surface area (Å²) >= 11 is 1.38. The lowest BCUT2D eigenvalue weighted by atomic mass is 10.3. The molecule has 2 aromatic rings. The van der Waals surface area contributed by atoms with Gasteiger partial charge in [0.05, 0.1) is 0 Å². The second-order valence-electron chi connectivity index (χ2n) is 3.62. The maximum Gasteiger partial charge on any atom is 0.185 e. The molecule has 2 rings (SSSR count). The third-order valence-corrected chi connectivity index (χ3v) is 3.11. The lowest BCUT2D eigenvalue weighted by molar-refractivity contribution is -0.106. The molecule has 0 atom stereocenters. The molecule has 0 saturated heterocycles. The molecule has 0 aromatic heterocycles. The number of aldehydes is 1. The third kappa shape index (κ3) is 4.26. The van der Waals surface area contributed by atoms with Gasteiger partial charge in [0.2, 0.25) is 0 Å². The molecule has 0 aliphatic heterocycles. The highest BCUT2D eigenvalue weighted by Crippen LogP contribution is 2.21. The van der Waals surface area contributed by atoms with Gasteiger partial charge in [-0.05, 0) is 36.4 Å². The maximum absolute atomic E-state index is 12.7. The van der Waals surface area contributed by atoms with Gasteiger partial charge in [0.15, 0.2) is 12.0 Å². The molecule has 96 valence electrons. The predicted octanol–water partition coefficient (Wildman–Crippen LogP) is 4.04. The topological polar surface area (TPSA) is 26.3 Å². The monoisotopic (exact) mass is 274 g/mol. The van der Waals surface area contributed by atoms with Crippen LogP contribution < -0.4 is 4.74 Å². The zero-order valence-electron chi connectivity index (χ0n) is 9.95. The molecule has 0 radical (unpaired) electrons. The minimum Gasteiger partial charge on any atom is -0.453 e. The fraction of sp³-hybridized carbons (Fsp3) is 0. The average molecular weight is 274 g/mol. The van der Waals surface area contributed by atoms with E-state index in [2.05, 4.69) is 0 Å². The summed E-state index contributed by atoms with van der Waals surface area (Å²) in [5, 5.41) is 1.62. The van der Waals surface area contributed by atoms with E-state index in [9.17, 15) is 9.18 Å². The van der Waals surface area contributed by atoms with Crippen molar-refractivity contribution in [1.82, 2.24) is 0 Å².